The zero-order valence-corrected chi connectivity index (χ0v) is 19.7. The van der Waals surface area contributed by atoms with E-state index in [2.05, 4.69) is 0 Å². The van der Waals surface area contributed by atoms with E-state index in [1.807, 2.05) is 30.3 Å². The summed E-state index contributed by atoms with van der Waals surface area (Å²) < 4.78 is 27.7. The van der Waals surface area contributed by atoms with Gasteiger partial charge in [0.1, 0.15) is 11.6 Å². The van der Waals surface area contributed by atoms with Crippen LogP contribution in [0.25, 0.3) is 22.0 Å². The summed E-state index contributed by atoms with van der Waals surface area (Å²) in [6.45, 7) is 1.44. The van der Waals surface area contributed by atoms with Crippen molar-refractivity contribution < 1.29 is 24.0 Å². The first-order valence-electron chi connectivity index (χ1n) is 11.2. The number of aromatic nitrogens is 1. The molecule has 3 aromatic carbocycles. The molecule has 1 amide bonds. The molecule has 1 aromatic heterocycles. The number of hydrogen-bond donors (Lipinski definition) is 2. The molecule has 0 radical (unpaired) electrons. The number of pyridine rings is 1. The standard InChI is InChI=1S/C27H23FN2O4S/c1-16(30-26(32)19-9-5-6-10-20(19)27(30)33)24-23(17-7-3-2-4-8-17)25(35(34)14-13-31)21-15-18(28)11-12-22(21)29-24/h2-12,15-16,26,31-32H,13-14H2,1H3. The maximum Gasteiger partial charge on any atom is 0.257 e. The Morgan fingerprint density at radius 2 is 1.83 bits per heavy atom. The maximum atomic E-state index is 14.3. The molecule has 1 aliphatic rings. The minimum atomic E-state index is -1.69. The SMILES string of the molecule is CC(c1nc2ccc(F)cc2c([S+]([O-])CCO)c1-c1ccccc1)N1C(=O)c2ccccc2C1O. The Kier molecular flexibility index (Phi) is 6.29. The van der Waals surface area contributed by atoms with Crippen molar-refractivity contribution in [2.24, 2.45) is 0 Å². The van der Waals surface area contributed by atoms with Gasteiger partial charge in [0.2, 0.25) is 0 Å². The second-order valence-corrected chi connectivity index (χ2v) is 9.86. The first-order chi connectivity index (χ1) is 16.9. The number of halogens is 1. The number of fused-ring (bicyclic) bond motifs is 2. The Balaban J connectivity index is 1.78. The number of carbonyl (C=O) groups is 1. The molecule has 0 aliphatic carbocycles. The largest absolute Gasteiger partial charge is 0.611 e. The number of carbonyl (C=O) groups excluding carboxylic acids is 1. The van der Waals surface area contributed by atoms with Gasteiger partial charge < -0.3 is 19.7 Å². The molecule has 3 atom stereocenters. The van der Waals surface area contributed by atoms with Crippen LogP contribution < -0.4 is 0 Å². The van der Waals surface area contributed by atoms with Gasteiger partial charge in [-0.2, -0.15) is 0 Å². The lowest BCUT2D eigenvalue weighted by atomic mass is 9.97. The third-order valence-corrected chi connectivity index (χ3v) is 7.71. The van der Waals surface area contributed by atoms with Crippen LogP contribution >= 0.6 is 0 Å². The van der Waals surface area contributed by atoms with Crippen LogP contribution in [-0.2, 0) is 11.2 Å². The fourth-order valence-corrected chi connectivity index (χ4v) is 5.90. The zero-order chi connectivity index (χ0) is 24.7. The van der Waals surface area contributed by atoms with Crippen molar-refractivity contribution in [3.05, 3.63) is 95.4 Å². The van der Waals surface area contributed by atoms with Gasteiger partial charge in [-0.05, 0) is 47.9 Å². The minimum Gasteiger partial charge on any atom is -0.611 e. The smallest absolute Gasteiger partial charge is 0.257 e. The van der Waals surface area contributed by atoms with Crippen LogP contribution in [0.3, 0.4) is 0 Å². The third-order valence-electron chi connectivity index (χ3n) is 6.27. The van der Waals surface area contributed by atoms with Crippen LogP contribution in [0.15, 0.2) is 77.7 Å². The molecule has 2 heterocycles. The highest BCUT2D eigenvalue weighted by molar-refractivity contribution is 7.91. The molecule has 0 spiro atoms. The first kappa shape index (κ1) is 23.4. The maximum absolute atomic E-state index is 14.3. The van der Waals surface area contributed by atoms with E-state index in [9.17, 15) is 24.0 Å². The van der Waals surface area contributed by atoms with E-state index in [-0.39, 0.29) is 18.3 Å². The Bertz CT molecular complexity index is 1420. The first-order valence-corrected chi connectivity index (χ1v) is 12.5. The Labute approximate surface area is 204 Å². The fourth-order valence-electron chi connectivity index (χ4n) is 4.67. The number of aliphatic hydroxyl groups is 2. The van der Waals surface area contributed by atoms with E-state index >= 15 is 0 Å². The summed E-state index contributed by atoms with van der Waals surface area (Å²) in [6, 6.07) is 19.4. The van der Waals surface area contributed by atoms with Gasteiger partial charge in [0.15, 0.2) is 11.1 Å². The Hall–Kier alpha value is -3.30. The van der Waals surface area contributed by atoms with Crippen molar-refractivity contribution in [3.8, 4) is 11.1 Å². The van der Waals surface area contributed by atoms with Crippen LogP contribution in [0, 0.1) is 5.82 Å². The van der Waals surface area contributed by atoms with E-state index < -0.39 is 29.3 Å². The highest BCUT2D eigenvalue weighted by atomic mass is 32.2. The summed E-state index contributed by atoms with van der Waals surface area (Å²) >= 11 is -1.69. The number of benzene rings is 3. The number of hydrogen-bond acceptors (Lipinski definition) is 5. The summed E-state index contributed by atoms with van der Waals surface area (Å²) in [5.74, 6) is -0.874. The van der Waals surface area contributed by atoms with Crippen molar-refractivity contribution >= 4 is 28.0 Å². The molecule has 3 unspecified atom stereocenters. The fraction of sp³-hybridized carbons (Fsp3) is 0.185. The highest BCUT2D eigenvalue weighted by Crippen LogP contribution is 2.44. The van der Waals surface area contributed by atoms with Gasteiger partial charge in [0, 0.05) is 11.1 Å². The normalized spacial score (nSPS) is 17.0. The van der Waals surface area contributed by atoms with E-state index in [1.165, 1.54) is 23.1 Å². The van der Waals surface area contributed by atoms with E-state index in [0.717, 1.165) is 0 Å². The van der Waals surface area contributed by atoms with Crippen LogP contribution in [0.1, 0.15) is 40.8 Å². The molecular formula is C27H23FN2O4S. The number of nitrogens with zero attached hydrogens (tertiary/aromatic N) is 2. The molecule has 8 heteroatoms. The van der Waals surface area contributed by atoms with Gasteiger partial charge in [0.25, 0.3) is 5.91 Å². The predicted molar refractivity (Wildman–Crippen MR) is 131 cm³/mol. The zero-order valence-electron chi connectivity index (χ0n) is 18.9. The summed E-state index contributed by atoms with van der Waals surface area (Å²) in [6.07, 6.45) is -1.17. The van der Waals surface area contributed by atoms with E-state index in [0.29, 0.717) is 43.7 Å². The van der Waals surface area contributed by atoms with Gasteiger partial charge in [-0.1, -0.05) is 48.5 Å². The van der Waals surface area contributed by atoms with Crippen LogP contribution in [0.5, 0.6) is 0 Å². The minimum absolute atomic E-state index is 0.0417. The average molecular weight is 491 g/mol. The summed E-state index contributed by atoms with van der Waals surface area (Å²) in [4.78, 5) is 19.8. The Morgan fingerprint density at radius 3 is 2.54 bits per heavy atom. The molecule has 178 valence electrons. The predicted octanol–water partition coefficient (Wildman–Crippen LogP) is 4.35. The third kappa shape index (κ3) is 3.98. The van der Waals surface area contributed by atoms with E-state index in [4.69, 9.17) is 4.98 Å². The number of amides is 1. The van der Waals surface area contributed by atoms with Gasteiger partial charge in [-0.3, -0.25) is 4.79 Å². The topological polar surface area (TPSA) is 96.7 Å². The highest BCUT2D eigenvalue weighted by Gasteiger charge is 2.41. The molecule has 4 aromatic rings. The molecule has 35 heavy (non-hydrogen) atoms. The molecule has 0 saturated carbocycles. The summed E-state index contributed by atoms with van der Waals surface area (Å²) in [7, 11) is 0. The monoisotopic (exact) mass is 490 g/mol. The molecule has 5 rings (SSSR count). The van der Waals surface area contributed by atoms with E-state index in [1.54, 1.807) is 31.2 Å². The average Bonchev–Trinajstić information content (AvgIpc) is 3.13. The second kappa shape index (κ2) is 9.39. The number of rotatable bonds is 6. The van der Waals surface area contributed by atoms with Gasteiger partial charge in [0.05, 0.1) is 34.8 Å². The molecule has 0 bridgehead atoms. The van der Waals surface area contributed by atoms with Crippen molar-refractivity contribution in [2.75, 3.05) is 12.4 Å². The molecule has 2 N–H and O–H groups in total. The van der Waals surface area contributed by atoms with Gasteiger partial charge in [-0.15, -0.1) is 0 Å². The molecule has 1 aliphatic heterocycles. The van der Waals surface area contributed by atoms with Crippen molar-refractivity contribution in [1.29, 1.82) is 0 Å². The molecule has 0 fully saturated rings. The lowest BCUT2D eigenvalue weighted by molar-refractivity contribution is -0.000963. The van der Waals surface area contributed by atoms with Crippen molar-refractivity contribution in [3.63, 3.8) is 0 Å². The molecular weight excluding hydrogens is 467 g/mol. The lowest BCUT2D eigenvalue weighted by Crippen LogP contribution is -2.32. The van der Waals surface area contributed by atoms with Crippen LogP contribution in [0.2, 0.25) is 0 Å². The van der Waals surface area contributed by atoms with Crippen molar-refractivity contribution in [2.45, 2.75) is 24.1 Å². The number of aliphatic hydroxyl groups excluding tert-OH is 2. The molecule has 0 saturated heterocycles. The lowest BCUT2D eigenvalue weighted by Gasteiger charge is -2.30. The van der Waals surface area contributed by atoms with Crippen LogP contribution in [-0.4, -0.2) is 42.9 Å². The van der Waals surface area contributed by atoms with Gasteiger partial charge >= 0.3 is 0 Å². The molecule has 6 nitrogen and oxygen atoms in total. The second-order valence-electron chi connectivity index (χ2n) is 8.35. The summed E-state index contributed by atoms with van der Waals surface area (Å²) in [5, 5.41) is 21.0. The Morgan fingerprint density at radius 1 is 1.11 bits per heavy atom. The van der Waals surface area contributed by atoms with Gasteiger partial charge in [-0.25, -0.2) is 9.37 Å². The quantitative estimate of drug-likeness (QED) is 0.392. The van der Waals surface area contributed by atoms with Crippen molar-refractivity contribution in [1.82, 2.24) is 9.88 Å². The van der Waals surface area contributed by atoms with Crippen LogP contribution in [0.4, 0.5) is 4.39 Å². The summed E-state index contributed by atoms with van der Waals surface area (Å²) in [5.41, 5.74) is 2.95.